The molecule has 0 heterocycles. The van der Waals surface area contributed by atoms with Crippen LogP contribution in [0.4, 0.5) is 0 Å². The van der Waals surface area contributed by atoms with Gasteiger partial charge in [-0.05, 0) is 76.4 Å². The Balaban J connectivity index is 1.43. The third kappa shape index (κ3) is 7.00. The number of hydrazone groups is 1. The largest absolute Gasteiger partial charge is 0.489 e. The van der Waals surface area contributed by atoms with Crippen molar-refractivity contribution in [1.82, 2.24) is 5.43 Å². The van der Waals surface area contributed by atoms with Crippen molar-refractivity contribution in [3.8, 4) is 11.5 Å². The maximum Gasteiger partial charge on any atom is 0.277 e. The summed E-state index contributed by atoms with van der Waals surface area (Å²) in [6, 6.07) is 21.2. The van der Waals surface area contributed by atoms with Crippen LogP contribution in [0.2, 0.25) is 0 Å². The van der Waals surface area contributed by atoms with Crippen molar-refractivity contribution in [3.05, 3.63) is 92.4 Å². The highest BCUT2D eigenvalue weighted by Gasteiger charge is 2.05. The SMILES string of the molecule is Cc1ccc(COc2ccc(/C=N/NC(=O)COc3ccc(Br)cc3Br)cc2)cc1. The van der Waals surface area contributed by atoms with Crippen LogP contribution in [0.25, 0.3) is 0 Å². The summed E-state index contributed by atoms with van der Waals surface area (Å²) < 4.78 is 12.9. The second-order valence-corrected chi connectivity index (χ2v) is 8.27. The Bertz CT molecular complexity index is 1020. The maximum atomic E-state index is 11.9. The van der Waals surface area contributed by atoms with E-state index in [1.165, 1.54) is 5.56 Å². The number of carbonyl (C=O) groups excluding carboxylic acids is 1. The van der Waals surface area contributed by atoms with Gasteiger partial charge in [-0.1, -0.05) is 45.8 Å². The fourth-order valence-corrected chi connectivity index (χ4v) is 3.61. The van der Waals surface area contributed by atoms with Crippen LogP contribution < -0.4 is 14.9 Å². The molecule has 0 saturated heterocycles. The second-order valence-electron chi connectivity index (χ2n) is 6.50. The number of benzene rings is 3. The van der Waals surface area contributed by atoms with Crippen molar-refractivity contribution in [2.75, 3.05) is 6.61 Å². The number of ether oxygens (including phenoxy) is 2. The van der Waals surface area contributed by atoms with Gasteiger partial charge in [-0.2, -0.15) is 5.10 Å². The summed E-state index contributed by atoms with van der Waals surface area (Å²) in [7, 11) is 0. The van der Waals surface area contributed by atoms with E-state index in [4.69, 9.17) is 9.47 Å². The van der Waals surface area contributed by atoms with E-state index < -0.39 is 0 Å². The third-order valence-corrected chi connectivity index (χ3v) is 5.17. The van der Waals surface area contributed by atoms with Gasteiger partial charge in [-0.25, -0.2) is 5.43 Å². The predicted octanol–water partition coefficient (Wildman–Crippen LogP) is 5.63. The molecule has 0 saturated carbocycles. The molecule has 0 spiro atoms. The van der Waals surface area contributed by atoms with E-state index in [1.54, 1.807) is 12.3 Å². The molecule has 7 heteroatoms. The number of hydrogen-bond donors (Lipinski definition) is 1. The van der Waals surface area contributed by atoms with Crippen molar-refractivity contribution in [2.45, 2.75) is 13.5 Å². The van der Waals surface area contributed by atoms with E-state index in [0.717, 1.165) is 25.8 Å². The lowest BCUT2D eigenvalue weighted by atomic mass is 10.2. The summed E-state index contributed by atoms with van der Waals surface area (Å²) in [4.78, 5) is 11.9. The second kappa shape index (κ2) is 10.9. The molecule has 0 unspecified atom stereocenters. The van der Waals surface area contributed by atoms with Crippen LogP contribution in [-0.2, 0) is 11.4 Å². The normalized spacial score (nSPS) is 10.8. The first kappa shape index (κ1) is 22.1. The number of nitrogens with one attached hydrogen (secondary N) is 1. The zero-order chi connectivity index (χ0) is 21.3. The predicted molar refractivity (Wildman–Crippen MR) is 125 cm³/mol. The summed E-state index contributed by atoms with van der Waals surface area (Å²) in [6.07, 6.45) is 1.57. The van der Waals surface area contributed by atoms with Crippen molar-refractivity contribution in [2.24, 2.45) is 5.10 Å². The molecule has 3 aromatic rings. The Morgan fingerprint density at radius 3 is 2.43 bits per heavy atom. The van der Waals surface area contributed by atoms with Crippen molar-refractivity contribution in [1.29, 1.82) is 0 Å². The monoisotopic (exact) mass is 530 g/mol. The molecule has 0 aliphatic rings. The highest BCUT2D eigenvalue weighted by Crippen LogP contribution is 2.28. The Hall–Kier alpha value is -2.64. The van der Waals surface area contributed by atoms with E-state index in [9.17, 15) is 4.79 Å². The lowest BCUT2D eigenvalue weighted by Gasteiger charge is -2.07. The van der Waals surface area contributed by atoms with Gasteiger partial charge in [-0.15, -0.1) is 0 Å². The third-order valence-electron chi connectivity index (χ3n) is 4.06. The number of carbonyl (C=O) groups is 1. The molecule has 5 nitrogen and oxygen atoms in total. The smallest absolute Gasteiger partial charge is 0.277 e. The van der Waals surface area contributed by atoms with Crippen LogP contribution in [0.15, 0.2) is 80.8 Å². The Labute approximate surface area is 192 Å². The quantitative estimate of drug-likeness (QED) is 0.303. The molecule has 0 bridgehead atoms. The minimum Gasteiger partial charge on any atom is -0.489 e. The van der Waals surface area contributed by atoms with Gasteiger partial charge in [-0.3, -0.25) is 4.79 Å². The summed E-state index contributed by atoms with van der Waals surface area (Å²) in [5.41, 5.74) is 5.63. The van der Waals surface area contributed by atoms with Crippen LogP contribution >= 0.6 is 31.9 Å². The number of hydrogen-bond acceptors (Lipinski definition) is 4. The lowest BCUT2D eigenvalue weighted by Crippen LogP contribution is -2.24. The topological polar surface area (TPSA) is 59.9 Å². The molecule has 0 aliphatic heterocycles. The molecular formula is C23H20Br2N2O3. The summed E-state index contributed by atoms with van der Waals surface area (Å²) >= 11 is 6.75. The molecule has 1 N–H and O–H groups in total. The molecule has 0 aliphatic carbocycles. The molecule has 0 aromatic heterocycles. The molecule has 0 atom stereocenters. The molecule has 1 amide bonds. The highest BCUT2D eigenvalue weighted by atomic mass is 79.9. The number of amides is 1. The fourth-order valence-electron chi connectivity index (χ4n) is 2.45. The van der Waals surface area contributed by atoms with Crippen molar-refractivity contribution in [3.63, 3.8) is 0 Å². The van der Waals surface area contributed by atoms with Gasteiger partial charge in [0.25, 0.3) is 5.91 Å². The van der Waals surface area contributed by atoms with Gasteiger partial charge in [0.2, 0.25) is 0 Å². The standard InChI is InChI=1S/C23H20Br2N2O3/c1-16-2-4-18(5-3-16)14-29-20-9-6-17(7-10-20)13-26-27-23(28)15-30-22-11-8-19(24)12-21(22)25/h2-13H,14-15H2,1H3,(H,27,28)/b26-13+. The van der Waals surface area contributed by atoms with Gasteiger partial charge in [0.15, 0.2) is 6.61 Å². The molecular weight excluding hydrogens is 512 g/mol. The van der Waals surface area contributed by atoms with Gasteiger partial charge >= 0.3 is 0 Å². The van der Waals surface area contributed by atoms with E-state index in [1.807, 2.05) is 36.4 Å². The van der Waals surface area contributed by atoms with Crippen LogP contribution in [-0.4, -0.2) is 18.7 Å². The van der Waals surface area contributed by atoms with E-state index >= 15 is 0 Å². The Morgan fingerprint density at radius 2 is 1.73 bits per heavy atom. The fraction of sp³-hybridized carbons (Fsp3) is 0.130. The van der Waals surface area contributed by atoms with E-state index in [2.05, 4.69) is 73.6 Å². The van der Waals surface area contributed by atoms with Crippen LogP contribution in [0.5, 0.6) is 11.5 Å². The van der Waals surface area contributed by atoms with Crippen LogP contribution in [0.3, 0.4) is 0 Å². The molecule has 3 aromatic carbocycles. The number of aryl methyl sites for hydroxylation is 1. The molecule has 30 heavy (non-hydrogen) atoms. The van der Waals surface area contributed by atoms with E-state index in [0.29, 0.717) is 12.4 Å². The summed E-state index contributed by atoms with van der Waals surface area (Å²) in [5, 5.41) is 3.96. The van der Waals surface area contributed by atoms with Gasteiger partial charge in [0.05, 0.1) is 10.7 Å². The van der Waals surface area contributed by atoms with Gasteiger partial charge < -0.3 is 9.47 Å². The zero-order valence-electron chi connectivity index (χ0n) is 16.3. The Morgan fingerprint density at radius 1 is 1.00 bits per heavy atom. The summed E-state index contributed by atoms with van der Waals surface area (Å²) in [6.45, 7) is 2.43. The van der Waals surface area contributed by atoms with Crippen LogP contribution in [0.1, 0.15) is 16.7 Å². The summed E-state index contributed by atoms with van der Waals surface area (Å²) in [5.74, 6) is 1.00. The van der Waals surface area contributed by atoms with Gasteiger partial charge in [0.1, 0.15) is 18.1 Å². The lowest BCUT2D eigenvalue weighted by molar-refractivity contribution is -0.123. The first-order valence-corrected chi connectivity index (χ1v) is 10.8. The minimum atomic E-state index is -0.348. The number of rotatable bonds is 8. The van der Waals surface area contributed by atoms with Gasteiger partial charge in [0, 0.05) is 4.47 Å². The number of halogens is 2. The average Bonchev–Trinajstić information content (AvgIpc) is 2.74. The molecule has 0 radical (unpaired) electrons. The maximum absolute atomic E-state index is 11.9. The van der Waals surface area contributed by atoms with Crippen LogP contribution in [0, 0.1) is 6.92 Å². The Kier molecular flexibility index (Phi) is 8.04. The first-order valence-electron chi connectivity index (χ1n) is 9.18. The van der Waals surface area contributed by atoms with Crippen molar-refractivity contribution < 1.29 is 14.3 Å². The van der Waals surface area contributed by atoms with E-state index in [-0.39, 0.29) is 12.5 Å². The number of nitrogens with zero attached hydrogens (tertiary/aromatic N) is 1. The minimum absolute atomic E-state index is 0.136. The first-order chi connectivity index (χ1) is 14.5. The average molecular weight is 532 g/mol. The molecule has 154 valence electrons. The highest BCUT2D eigenvalue weighted by molar-refractivity contribution is 9.11. The molecule has 3 rings (SSSR count). The van der Waals surface area contributed by atoms with Crippen molar-refractivity contribution >= 4 is 44.0 Å². The zero-order valence-corrected chi connectivity index (χ0v) is 19.4. The molecule has 0 fully saturated rings.